The average Bonchev–Trinajstić information content (AvgIpc) is 2.11. The lowest BCUT2D eigenvalue weighted by Crippen LogP contribution is -2.43. The Balaban J connectivity index is 4.18. The molecule has 0 fully saturated rings. The number of carbonyl (C=O) groups excluding carboxylic acids is 1. The number of rotatable bonds is 6. The SMILES string of the molecule is CCCN(CC(F)(F)F)C(=O)CNCC. The van der Waals surface area contributed by atoms with Crippen molar-refractivity contribution in [2.75, 3.05) is 26.2 Å². The van der Waals surface area contributed by atoms with Crippen molar-refractivity contribution in [1.29, 1.82) is 0 Å². The topological polar surface area (TPSA) is 32.3 Å². The first kappa shape index (κ1) is 14.2. The van der Waals surface area contributed by atoms with E-state index in [-0.39, 0.29) is 13.1 Å². The van der Waals surface area contributed by atoms with Crippen LogP contribution in [0.1, 0.15) is 20.3 Å². The number of alkyl halides is 3. The molecular weight excluding hydrogens is 209 g/mol. The highest BCUT2D eigenvalue weighted by Gasteiger charge is 2.32. The quantitative estimate of drug-likeness (QED) is 0.742. The Hall–Kier alpha value is -0.780. The monoisotopic (exact) mass is 226 g/mol. The Labute approximate surface area is 87.6 Å². The summed E-state index contributed by atoms with van der Waals surface area (Å²) < 4.78 is 36.3. The Kier molecular flexibility index (Phi) is 6.31. The fourth-order valence-electron chi connectivity index (χ4n) is 1.12. The zero-order valence-corrected chi connectivity index (χ0v) is 9.02. The summed E-state index contributed by atoms with van der Waals surface area (Å²) in [6.45, 7) is 3.05. The highest BCUT2D eigenvalue weighted by Crippen LogP contribution is 2.16. The normalized spacial score (nSPS) is 11.5. The molecule has 0 atom stereocenters. The van der Waals surface area contributed by atoms with Crippen LogP contribution < -0.4 is 5.32 Å². The second kappa shape index (κ2) is 6.66. The number of nitrogens with one attached hydrogen (secondary N) is 1. The molecule has 1 N–H and O–H groups in total. The molecule has 0 radical (unpaired) electrons. The van der Waals surface area contributed by atoms with Crippen LogP contribution in [0, 0.1) is 0 Å². The van der Waals surface area contributed by atoms with E-state index in [0.29, 0.717) is 13.0 Å². The summed E-state index contributed by atoms with van der Waals surface area (Å²) in [6, 6.07) is 0. The minimum absolute atomic E-state index is 0.0351. The van der Waals surface area contributed by atoms with E-state index in [9.17, 15) is 18.0 Å². The molecule has 6 heteroatoms. The Morgan fingerprint density at radius 1 is 1.33 bits per heavy atom. The standard InChI is InChI=1S/C9H17F3N2O/c1-3-5-14(7-9(10,11)12)8(15)6-13-4-2/h13H,3-7H2,1-2H3. The second-order valence-corrected chi connectivity index (χ2v) is 3.21. The van der Waals surface area contributed by atoms with E-state index < -0.39 is 18.6 Å². The third-order valence-electron chi connectivity index (χ3n) is 1.74. The van der Waals surface area contributed by atoms with Crippen LogP contribution in [0.3, 0.4) is 0 Å². The summed E-state index contributed by atoms with van der Waals surface area (Å²) in [5.74, 6) is -0.504. The molecule has 0 bridgehead atoms. The van der Waals surface area contributed by atoms with Gasteiger partial charge in [-0.15, -0.1) is 0 Å². The van der Waals surface area contributed by atoms with E-state index in [4.69, 9.17) is 0 Å². The first-order valence-corrected chi connectivity index (χ1v) is 4.96. The van der Waals surface area contributed by atoms with Crippen molar-refractivity contribution in [3.63, 3.8) is 0 Å². The number of hydrogen-bond donors (Lipinski definition) is 1. The predicted octanol–water partition coefficient (Wildman–Crippen LogP) is 1.40. The van der Waals surface area contributed by atoms with Gasteiger partial charge >= 0.3 is 6.18 Å². The maximum absolute atomic E-state index is 12.1. The van der Waals surface area contributed by atoms with Crippen LogP contribution in [0.4, 0.5) is 13.2 Å². The van der Waals surface area contributed by atoms with Gasteiger partial charge in [0, 0.05) is 6.54 Å². The van der Waals surface area contributed by atoms with Gasteiger partial charge in [0.2, 0.25) is 5.91 Å². The van der Waals surface area contributed by atoms with Crippen LogP contribution in [0.5, 0.6) is 0 Å². The van der Waals surface area contributed by atoms with Gasteiger partial charge in [-0.05, 0) is 13.0 Å². The van der Waals surface area contributed by atoms with Gasteiger partial charge in [-0.1, -0.05) is 13.8 Å². The highest BCUT2D eigenvalue weighted by molar-refractivity contribution is 5.78. The minimum atomic E-state index is -4.32. The van der Waals surface area contributed by atoms with Crippen molar-refractivity contribution in [3.8, 4) is 0 Å². The van der Waals surface area contributed by atoms with Crippen molar-refractivity contribution < 1.29 is 18.0 Å². The Bertz CT molecular complexity index is 194. The smallest absolute Gasteiger partial charge is 0.332 e. The molecule has 0 aromatic rings. The fraction of sp³-hybridized carbons (Fsp3) is 0.889. The molecule has 0 saturated carbocycles. The molecule has 0 aliphatic carbocycles. The van der Waals surface area contributed by atoms with Crippen molar-refractivity contribution in [1.82, 2.24) is 10.2 Å². The maximum atomic E-state index is 12.1. The largest absolute Gasteiger partial charge is 0.406 e. The predicted molar refractivity (Wildman–Crippen MR) is 51.5 cm³/mol. The number of halogens is 3. The minimum Gasteiger partial charge on any atom is -0.332 e. The molecule has 1 amide bonds. The van der Waals surface area contributed by atoms with Gasteiger partial charge < -0.3 is 10.2 Å². The zero-order chi connectivity index (χ0) is 11.9. The van der Waals surface area contributed by atoms with Crippen LogP contribution in [0.15, 0.2) is 0 Å². The van der Waals surface area contributed by atoms with Crippen molar-refractivity contribution >= 4 is 5.91 Å². The third kappa shape index (κ3) is 7.18. The summed E-state index contributed by atoms with van der Waals surface area (Å²) in [5, 5.41) is 2.71. The summed E-state index contributed by atoms with van der Waals surface area (Å²) in [5.41, 5.74) is 0. The molecule has 0 unspecified atom stereocenters. The van der Waals surface area contributed by atoms with Gasteiger partial charge in [-0.2, -0.15) is 13.2 Å². The lowest BCUT2D eigenvalue weighted by atomic mass is 10.3. The zero-order valence-electron chi connectivity index (χ0n) is 9.02. The van der Waals surface area contributed by atoms with E-state index >= 15 is 0 Å². The summed E-state index contributed by atoms with van der Waals surface area (Å²) in [4.78, 5) is 12.2. The van der Waals surface area contributed by atoms with Gasteiger partial charge in [0.1, 0.15) is 6.54 Å². The molecule has 0 aromatic carbocycles. The summed E-state index contributed by atoms with van der Waals surface area (Å²) in [7, 11) is 0. The molecule has 90 valence electrons. The molecule has 0 spiro atoms. The molecule has 3 nitrogen and oxygen atoms in total. The van der Waals surface area contributed by atoms with Crippen LogP contribution in [0.2, 0.25) is 0 Å². The van der Waals surface area contributed by atoms with Crippen molar-refractivity contribution in [2.45, 2.75) is 26.4 Å². The lowest BCUT2D eigenvalue weighted by Gasteiger charge is -2.23. The van der Waals surface area contributed by atoms with Crippen LogP contribution in [-0.4, -0.2) is 43.2 Å². The van der Waals surface area contributed by atoms with Gasteiger partial charge in [0.05, 0.1) is 6.54 Å². The van der Waals surface area contributed by atoms with Crippen LogP contribution in [0.25, 0.3) is 0 Å². The van der Waals surface area contributed by atoms with Crippen LogP contribution >= 0.6 is 0 Å². The lowest BCUT2D eigenvalue weighted by molar-refractivity contribution is -0.160. The average molecular weight is 226 g/mol. The fourth-order valence-corrected chi connectivity index (χ4v) is 1.12. The van der Waals surface area contributed by atoms with Gasteiger partial charge in [0.25, 0.3) is 0 Å². The van der Waals surface area contributed by atoms with E-state index in [1.165, 1.54) is 0 Å². The maximum Gasteiger partial charge on any atom is 0.406 e. The molecule has 15 heavy (non-hydrogen) atoms. The third-order valence-corrected chi connectivity index (χ3v) is 1.74. The number of carbonyl (C=O) groups is 1. The van der Waals surface area contributed by atoms with Crippen LogP contribution in [-0.2, 0) is 4.79 Å². The van der Waals surface area contributed by atoms with Crippen molar-refractivity contribution in [2.24, 2.45) is 0 Å². The van der Waals surface area contributed by atoms with Crippen molar-refractivity contribution in [3.05, 3.63) is 0 Å². The Morgan fingerprint density at radius 3 is 2.33 bits per heavy atom. The number of amides is 1. The summed E-state index contributed by atoms with van der Waals surface area (Å²) in [6.07, 6.45) is -3.80. The first-order valence-electron chi connectivity index (χ1n) is 4.96. The van der Waals surface area contributed by atoms with E-state index in [0.717, 1.165) is 4.90 Å². The molecule has 0 aliphatic heterocycles. The van der Waals surface area contributed by atoms with E-state index in [2.05, 4.69) is 5.32 Å². The second-order valence-electron chi connectivity index (χ2n) is 3.21. The highest BCUT2D eigenvalue weighted by atomic mass is 19.4. The first-order chi connectivity index (χ1) is 6.90. The Morgan fingerprint density at radius 2 is 1.93 bits per heavy atom. The van der Waals surface area contributed by atoms with Gasteiger partial charge in [0.15, 0.2) is 0 Å². The van der Waals surface area contributed by atoms with E-state index in [1.54, 1.807) is 13.8 Å². The molecule has 0 aliphatic rings. The molecule has 0 heterocycles. The molecule has 0 aromatic heterocycles. The van der Waals surface area contributed by atoms with Gasteiger partial charge in [-0.3, -0.25) is 4.79 Å². The molecular formula is C9H17F3N2O. The number of nitrogens with zero attached hydrogens (tertiary/aromatic N) is 1. The number of hydrogen-bond acceptors (Lipinski definition) is 2. The van der Waals surface area contributed by atoms with Gasteiger partial charge in [-0.25, -0.2) is 0 Å². The summed E-state index contributed by atoms with van der Waals surface area (Å²) >= 11 is 0. The van der Waals surface area contributed by atoms with E-state index in [1.807, 2.05) is 0 Å². The molecule has 0 rings (SSSR count). The number of likely N-dealkylation sites (N-methyl/N-ethyl adjacent to an activating group) is 1. The molecule has 0 saturated heterocycles.